The summed E-state index contributed by atoms with van der Waals surface area (Å²) in [5.74, 6) is 0. The van der Waals surface area contributed by atoms with Gasteiger partial charge in [0.05, 0.1) is 6.10 Å². The molecule has 0 amide bonds. The summed E-state index contributed by atoms with van der Waals surface area (Å²) in [5.41, 5.74) is 7.87. The van der Waals surface area contributed by atoms with E-state index >= 15 is 0 Å². The van der Waals surface area contributed by atoms with Crippen molar-refractivity contribution in [1.29, 1.82) is 0 Å². The molecule has 1 fully saturated rings. The van der Waals surface area contributed by atoms with Crippen molar-refractivity contribution in [2.75, 3.05) is 12.3 Å². The molecule has 1 aliphatic carbocycles. The van der Waals surface area contributed by atoms with E-state index in [1.165, 1.54) is 44.1 Å². The lowest BCUT2D eigenvalue weighted by molar-refractivity contribution is 0.0419. The Morgan fingerprint density at radius 3 is 2.33 bits per heavy atom. The fraction of sp³-hybridized carbons (Fsp3) is 0.625. The summed E-state index contributed by atoms with van der Waals surface area (Å²) < 4.78 is 5.98. The molecule has 0 atom stereocenters. The van der Waals surface area contributed by atoms with Crippen molar-refractivity contribution in [3.05, 3.63) is 29.8 Å². The first-order chi connectivity index (χ1) is 8.84. The van der Waals surface area contributed by atoms with Crippen LogP contribution >= 0.6 is 0 Å². The summed E-state index contributed by atoms with van der Waals surface area (Å²) in [7, 11) is 0. The first kappa shape index (κ1) is 13.4. The van der Waals surface area contributed by atoms with Crippen molar-refractivity contribution in [3.63, 3.8) is 0 Å². The molecule has 2 rings (SSSR count). The van der Waals surface area contributed by atoms with Gasteiger partial charge in [0.15, 0.2) is 0 Å². The zero-order valence-corrected chi connectivity index (χ0v) is 11.2. The molecule has 1 aromatic carbocycles. The van der Waals surface area contributed by atoms with Crippen LogP contribution in [0.4, 0.5) is 5.69 Å². The van der Waals surface area contributed by atoms with Crippen LogP contribution in [0.25, 0.3) is 0 Å². The Morgan fingerprint density at radius 1 is 1.00 bits per heavy atom. The van der Waals surface area contributed by atoms with E-state index in [1.807, 2.05) is 12.1 Å². The molecule has 0 aromatic heterocycles. The smallest absolute Gasteiger partial charge is 0.0575 e. The Labute approximate surface area is 111 Å². The number of rotatable bonds is 5. The van der Waals surface area contributed by atoms with Gasteiger partial charge >= 0.3 is 0 Å². The number of hydrogen-bond donors (Lipinski definition) is 1. The largest absolute Gasteiger partial charge is 0.399 e. The summed E-state index contributed by atoms with van der Waals surface area (Å²) in [6.07, 6.45) is 10.7. The van der Waals surface area contributed by atoms with Gasteiger partial charge in [-0.3, -0.25) is 0 Å². The van der Waals surface area contributed by atoms with Crippen LogP contribution in [0, 0.1) is 0 Å². The summed E-state index contributed by atoms with van der Waals surface area (Å²) in [4.78, 5) is 0. The number of anilines is 1. The summed E-state index contributed by atoms with van der Waals surface area (Å²) >= 11 is 0. The highest BCUT2D eigenvalue weighted by Crippen LogP contribution is 2.20. The van der Waals surface area contributed by atoms with Gasteiger partial charge < -0.3 is 10.5 Å². The van der Waals surface area contributed by atoms with Crippen molar-refractivity contribution in [2.45, 2.75) is 57.5 Å². The summed E-state index contributed by atoms with van der Waals surface area (Å²) in [6, 6.07) is 8.17. The molecule has 0 unspecified atom stereocenters. The van der Waals surface area contributed by atoms with Gasteiger partial charge in [-0.15, -0.1) is 0 Å². The minimum absolute atomic E-state index is 0.527. The minimum atomic E-state index is 0.527. The Balaban J connectivity index is 1.61. The molecule has 1 aliphatic rings. The molecular weight excluding hydrogens is 222 g/mol. The molecule has 100 valence electrons. The highest BCUT2D eigenvalue weighted by atomic mass is 16.5. The molecule has 2 heteroatoms. The minimum Gasteiger partial charge on any atom is -0.399 e. The van der Waals surface area contributed by atoms with Crippen LogP contribution in [-0.2, 0) is 11.2 Å². The van der Waals surface area contributed by atoms with Gasteiger partial charge in [-0.05, 0) is 43.4 Å². The van der Waals surface area contributed by atoms with Crippen molar-refractivity contribution < 1.29 is 4.74 Å². The van der Waals surface area contributed by atoms with Crippen molar-refractivity contribution >= 4 is 5.69 Å². The zero-order valence-electron chi connectivity index (χ0n) is 11.2. The van der Waals surface area contributed by atoms with Gasteiger partial charge in [0.25, 0.3) is 0 Å². The van der Waals surface area contributed by atoms with E-state index in [1.54, 1.807) is 0 Å². The van der Waals surface area contributed by atoms with Crippen LogP contribution in [0.1, 0.15) is 50.5 Å². The molecule has 0 bridgehead atoms. The number of benzene rings is 1. The number of nitrogens with two attached hydrogens (primary N) is 1. The van der Waals surface area contributed by atoms with Gasteiger partial charge in [-0.1, -0.05) is 37.8 Å². The van der Waals surface area contributed by atoms with E-state index in [0.29, 0.717) is 6.10 Å². The van der Waals surface area contributed by atoms with Crippen LogP contribution < -0.4 is 5.73 Å². The van der Waals surface area contributed by atoms with Crippen molar-refractivity contribution in [1.82, 2.24) is 0 Å². The lowest BCUT2D eigenvalue weighted by Gasteiger charge is -2.15. The zero-order chi connectivity index (χ0) is 12.6. The molecule has 2 nitrogen and oxygen atoms in total. The highest BCUT2D eigenvalue weighted by molar-refractivity contribution is 5.39. The monoisotopic (exact) mass is 247 g/mol. The third-order valence-electron chi connectivity index (χ3n) is 3.75. The van der Waals surface area contributed by atoms with Gasteiger partial charge in [0, 0.05) is 12.3 Å². The van der Waals surface area contributed by atoms with Crippen LogP contribution in [0.5, 0.6) is 0 Å². The number of hydrogen-bond acceptors (Lipinski definition) is 2. The Morgan fingerprint density at radius 2 is 1.67 bits per heavy atom. The molecule has 0 saturated heterocycles. The predicted octanol–water partition coefficient (Wildman–Crippen LogP) is 3.94. The first-order valence-electron chi connectivity index (χ1n) is 7.30. The Kier molecular flexibility index (Phi) is 5.53. The topological polar surface area (TPSA) is 35.2 Å². The van der Waals surface area contributed by atoms with Crippen LogP contribution in [0.15, 0.2) is 24.3 Å². The normalized spacial score (nSPS) is 17.6. The maximum atomic E-state index is 5.98. The Bertz CT molecular complexity index is 325. The first-order valence-corrected chi connectivity index (χ1v) is 7.30. The molecule has 0 aliphatic heterocycles. The second kappa shape index (κ2) is 7.42. The Hall–Kier alpha value is -1.02. The van der Waals surface area contributed by atoms with E-state index in [4.69, 9.17) is 10.5 Å². The lowest BCUT2D eigenvalue weighted by Crippen LogP contribution is -2.12. The SMILES string of the molecule is Nc1ccc(CCCOC2CCCCCC2)cc1. The van der Waals surface area contributed by atoms with Gasteiger partial charge in [-0.2, -0.15) is 0 Å². The number of ether oxygens (including phenoxy) is 1. The fourth-order valence-electron chi connectivity index (χ4n) is 2.62. The maximum Gasteiger partial charge on any atom is 0.0575 e. The summed E-state index contributed by atoms with van der Waals surface area (Å²) in [5, 5.41) is 0. The third kappa shape index (κ3) is 4.69. The highest BCUT2D eigenvalue weighted by Gasteiger charge is 2.11. The average molecular weight is 247 g/mol. The number of aryl methyl sites for hydroxylation is 1. The van der Waals surface area contributed by atoms with Crippen LogP contribution in [-0.4, -0.2) is 12.7 Å². The fourth-order valence-corrected chi connectivity index (χ4v) is 2.62. The van der Waals surface area contributed by atoms with Gasteiger partial charge in [0.2, 0.25) is 0 Å². The maximum absolute atomic E-state index is 5.98. The van der Waals surface area contributed by atoms with E-state index in [2.05, 4.69) is 12.1 Å². The average Bonchev–Trinajstić information content (AvgIpc) is 2.65. The predicted molar refractivity (Wildman–Crippen MR) is 76.6 cm³/mol. The molecule has 0 radical (unpaired) electrons. The second-order valence-electron chi connectivity index (χ2n) is 5.33. The van der Waals surface area contributed by atoms with Crippen LogP contribution in [0.3, 0.4) is 0 Å². The van der Waals surface area contributed by atoms with E-state index in [0.717, 1.165) is 25.1 Å². The molecule has 0 heterocycles. The van der Waals surface area contributed by atoms with Crippen LogP contribution in [0.2, 0.25) is 0 Å². The molecule has 1 saturated carbocycles. The second-order valence-corrected chi connectivity index (χ2v) is 5.33. The van der Waals surface area contributed by atoms with Crippen molar-refractivity contribution in [2.24, 2.45) is 0 Å². The van der Waals surface area contributed by atoms with E-state index in [-0.39, 0.29) is 0 Å². The van der Waals surface area contributed by atoms with Gasteiger partial charge in [-0.25, -0.2) is 0 Å². The molecular formula is C16H25NO. The summed E-state index contributed by atoms with van der Waals surface area (Å²) in [6.45, 7) is 0.898. The standard InChI is InChI=1S/C16H25NO/c17-15-11-9-14(10-12-15)6-5-13-18-16-7-3-1-2-4-8-16/h9-12,16H,1-8,13,17H2. The molecule has 0 spiro atoms. The quantitative estimate of drug-likeness (QED) is 0.486. The molecule has 18 heavy (non-hydrogen) atoms. The van der Waals surface area contributed by atoms with E-state index < -0.39 is 0 Å². The van der Waals surface area contributed by atoms with Crippen molar-refractivity contribution in [3.8, 4) is 0 Å². The van der Waals surface area contributed by atoms with Gasteiger partial charge in [0.1, 0.15) is 0 Å². The molecule has 2 N–H and O–H groups in total. The van der Waals surface area contributed by atoms with E-state index in [9.17, 15) is 0 Å². The number of nitrogen functional groups attached to an aromatic ring is 1. The lowest BCUT2D eigenvalue weighted by atomic mass is 10.1. The third-order valence-corrected chi connectivity index (χ3v) is 3.75. The molecule has 1 aromatic rings.